The number of benzene rings is 2. The first kappa shape index (κ1) is 18.7. The number of carbonyl (C=O) groups excluding carboxylic acids is 3. The van der Waals surface area contributed by atoms with Gasteiger partial charge in [-0.25, -0.2) is 0 Å². The number of hydrogen-bond acceptors (Lipinski definition) is 5. The van der Waals surface area contributed by atoms with Crippen molar-refractivity contribution in [1.82, 2.24) is 5.32 Å². The molecular formula is C19H17ClN2O5. The van der Waals surface area contributed by atoms with Crippen LogP contribution >= 0.6 is 11.6 Å². The Hall–Kier alpha value is -3.06. The molecule has 2 aromatic carbocycles. The second kappa shape index (κ2) is 8.55. The van der Waals surface area contributed by atoms with Crippen molar-refractivity contribution in [3.8, 4) is 11.5 Å². The Labute approximate surface area is 160 Å². The molecular weight excluding hydrogens is 372 g/mol. The van der Waals surface area contributed by atoms with Crippen LogP contribution in [0.15, 0.2) is 42.5 Å². The number of Topliss-reactive ketones (excluding diaryl/α,β-unsaturated/α-hetero) is 1. The van der Waals surface area contributed by atoms with Gasteiger partial charge in [0.05, 0.1) is 11.6 Å². The van der Waals surface area contributed by atoms with E-state index in [1.54, 1.807) is 42.5 Å². The number of carbonyl (C=O) groups is 3. The zero-order chi connectivity index (χ0) is 19.2. The predicted octanol–water partition coefficient (Wildman–Crippen LogP) is 2.79. The molecule has 0 atom stereocenters. The van der Waals surface area contributed by atoms with Crippen molar-refractivity contribution in [3.63, 3.8) is 0 Å². The van der Waals surface area contributed by atoms with Gasteiger partial charge in [0.15, 0.2) is 17.3 Å². The molecule has 1 aliphatic heterocycles. The SMILES string of the molecule is O=C(CCC(=O)c1ccccc1Cl)NCC(=O)Nc1ccc2c(c1)OCO2. The lowest BCUT2D eigenvalue weighted by molar-refractivity contribution is -0.124. The molecule has 0 aliphatic carbocycles. The molecule has 0 fully saturated rings. The van der Waals surface area contributed by atoms with E-state index in [4.69, 9.17) is 21.1 Å². The molecule has 2 N–H and O–H groups in total. The fourth-order valence-corrected chi connectivity index (χ4v) is 2.74. The van der Waals surface area contributed by atoms with Crippen molar-refractivity contribution in [3.05, 3.63) is 53.1 Å². The Bertz CT molecular complexity index is 884. The molecule has 1 heterocycles. The molecule has 0 unspecified atom stereocenters. The number of hydrogen-bond donors (Lipinski definition) is 2. The number of halogens is 1. The van der Waals surface area contributed by atoms with Crippen LogP contribution in [0.4, 0.5) is 5.69 Å². The van der Waals surface area contributed by atoms with Crippen LogP contribution in [-0.4, -0.2) is 30.9 Å². The minimum atomic E-state index is -0.392. The third-order valence-corrected chi connectivity index (χ3v) is 4.19. The molecule has 8 heteroatoms. The second-order valence-electron chi connectivity index (χ2n) is 5.80. The van der Waals surface area contributed by atoms with E-state index in [9.17, 15) is 14.4 Å². The number of ether oxygens (including phenoxy) is 2. The Morgan fingerprint density at radius 3 is 2.56 bits per heavy atom. The summed E-state index contributed by atoms with van der Waals surface area (Å²) in [7, 11) is 0. The highest BCUT2D eigenvalue weighted by Gasteiger charge is 2.15. The average molecular weight is 389 g/mol. The third-order valence-electron chi connectivity index (χ3n) is 3.86. The zero-order valence-corrected chi connectivity index (χ0v) is 15.0. The summed E-state index contributed by atoms with van der Waals surface area (Å²) >= 11 is 5.96. The first-order valence-corrected chi connectivity index (χ1v) is 8.64. The van der Waals surface area contributed by atoms with Crippen LogP contribution in [0.1, 0.15) is 23.2 Å². The molecule has 0 radical (unpaired) electrons. The van der Waals surface area contributed by atoms with Gasteiger partial charge in [0.1, 0.15) is 0 Å². The maximum atomic E-state index is 12.1. The van der Waals surface area contributed by atoms with Gasteiger partial charge in [0, 0.05) is 30.2 Å². The lowest BCUT2D eigenvalue weighted by atomic mass is 10.1. The van der Waals surface area contributed by atoms with Gasteiger partial charge in [0.2, 0.25) is 18.6 Å². The predicted molar refractivity (Wildman–Crippen MR) is 99.2 cm³/mol. The maximum Gasteiger partial charge on any atom is 0.243 e. The smallest absolute Gasteiger partial charge is 0.243 e. The first-order chi connectivity index (χ1) is 13.0. The summed E-state index contributed by atoms with van der Waals surface area (Å²) in [4.78, 5) is 35.9. The van der Waals surface area contributed by atoms with Gasteiger partial charge in [-0.2, -0.15) is 0 Å². The van der Waals surface area contributed by atoms with Crippen molar-refractivity contribution in [2.75, 3.05) is 18.7 Å². The number of rotatable bonds is 7. The van der Waals surface area contributed by atoms with Gasteiger partial charge < -0.3 is 20.1 Å². The van der Waals surface area contributed by atoms with Crippen LogP contribution in [0.3, 0.4) is 0 Å². The van der Waals surface area contributed by atoms with Crippen molar-refractivity contribution in [1.29, 1.82) is 0 Å². The van der Waals surface area contributed by atoms with E-state index in [0.29, 0.717) is 27.8 Å². The van der Waals surface area contributed by atoms with E-state index < -0.39 is 5.91 Å². The van der Waals surface area contributed by atoms with Crippen molar-refractivity contribution < 1.29 is 23.9 Å². The summed E-state index contributed by atoms with van der Waals surface area (Å²) in [5, 5.41) is 5.49. The molecule has 0 saturated carbocycles. The molecule has 3 rings (SSSR count). The number of nitrogens with one attached hydrogen (secondary N) is 2. The van der Waals surface area contributed by atoms with Crippen molar-refractivity contribution in [2.24, 2.45) is 0 Å². The van der Waals surface area contributed by atoms with Gasteiger partial charge in [-0.15, -0.1) is 0 Å². The Balaban J connectivity index is 1.41. The summed E-state index contributed by atoms with van der Waals surface area (Å²) in [5.41, 5.74) is 0.917. The molecule has 0 aromatic heterocycles. The minimum Gasteiger partial charge on any atom is -0.454 e. The van der Waals surface area contributed by atoms with Gasteiger partial charge in [-0.1, -0.05) is 23.7 Å². The first-order valence-electron chi connectivity index (χ1n) is 8.27. The molecule has 7 nitrogen and oxygen atoms in total. The zero-order valence-electron chi connectivity index (χ0n) is 14.3. The Kier molecular flexibility index (Phi) is 5.93. The van der Waals surface area contributed by atoms with Gasteiger partial charge in [0.25, 0.3) is 0 Å². The summed E-state index contributed by atoms with van der Waals surface area (Å²) < 4.78 is 10.4. The largest absolute Gasteiger partial charge is 0.454 e. The lowest BCUT2D eigenvalue weighted by Gasteiger charge is -2.08. The van der Waals surface area contributed by atoms with Crippen LogP contribution in [0.2, 0.25) is 5.02 Å². The standard InChI is InChI=1S/C19H17ClN2O5/c20-14-4-2-1-3-13(14)15(23)6-8-18(24)21-10-19(25)22-12-5-7-16-17(9-12)27-11-26-16/h1-5,7,9H,6,8,10-11H2,(H,21,24)(H,22,25). The van der Waals surface area contributed by atoms with E-state index in [1.165, 1.54) is 0 Å². The summed E-state index contributed by atoms with van der Waals surface area (Å²) in [5.74, 6) is 0.163. The molecule has 2 aromatic rings. The Morgan fingerprint density at radius 2 is 1.74 bits per heavy atom. The maximum absolute atomic E-state index is 12.1. The third kappa shape index (κ3) is 4.98. The summed E-state index contributed by atoms with van der Waals surface area (Å²) in [6.07, 6.45) is -0.0132. The van der Waals surface area contributed by atoms with E-state index in [2.05, 4.69) is 10.6 Å². The van der Waals surface area contributed by atoms with E-state index in [0.717, 1.165) is 0 Å². The lowest BCUT2D eigenvalue weighted by Crippen LogP contribution is -2.33. The van der Waals surface area contributed by atoms with Gasteiger partial charge in [-0.3, -0.25) is 14.4 Å². The van der Waals surface area contributed by atoms with Crippen LogP contribution in [0.5, 0.6) is 11.5 Å². The molecule has 2 amide bonds. The number of ketones is 1. The Morgan fingerprint density at radius 1 is 0.963 bits per heavy atom. The van der Waals surface area contributed by atoms with E-state index in [-0.39, 0.29) is 37.9 Å². The quantitative estimate of drug-likeness (QED) is 0.711. The highest BCUT2D eigenvalue weighted by molar-refractivity contribution is 6.34. The molecule has 0 bridgehead atoms. The molecule has 27 heavy (non-hydrogen) atoms. The second-order valence-corrected chi connectivity index (χ2v) is 6.20. The molecule has 0 spiro atoms. The van der Waals surface area contributed by atoms with E-state index in [1.807, 2.05) is 0 Å². The fraction of sp³-hybridized carbons (Fsp3) is 0.211. The highest BCUT2D eigenvalue weighted by atomic mass is 35.5. The molecule has 1 aliphatic rings. The summed E-state index contributed by atoms with van der Waals surface area (Å²) in [6.45, 7) is -0.0523. The van der Waals surface area contributed by atoms with Crippen LogP contribution in [0, 0.1) is 0 Å². The van der Waals surface area contributed by atoms with Crippen molar-refractivity contribution >= 4 is 34.9 Å². The number of fused-ring (bicyclic) bond motifs is 1. The van der Waals surface area contributed by atoms with Crippen molar-refractivity contribution in [2.45, 2.75) is 12.8 Å². The monoisotopic (exact) mass is 388 g/mol. The number of amides is 2. The topological polar surface area (TPSA) is 93.7 Å². The highest BCUT2D eigenvalue weighted by Crippen LogP contribution is 2.34. The summed E-state index contributed by atoms with van der Waals surface area (Å²) in [6, 6.07) is 11.7. The number of anilines is 1. The normalized spacial score (nSPS) is 11.7. The van der Waals surface area contributed by atoms with Gasteiger partial charge >= 0.3 is 0 Å². The van der Waals surface area contributed by atoms with Crippen LogP contribution in [0.25, 0.3) is 0 Å². The molecule has 0 saturated heterocycles. The van der Waals surface area contributed by atoms with Gasteiger partial charge in [-0.05, 0) is 24.3 Å². The van der Waals surface area contributed by atoms with Crippen LogP contribution < -0.4 is 20.1 Å². The fourth-order valence-electron chi connectivity index (χ4n) is 2.50. The van der Waals surface area contributed by atoms with Crippen LogP contribution in [-0.2, 0) is 9.59 Å². The molecule has 140 valence electrons. The van der Waals surface area contributed by atoms with E-state index >= 15 is 0 Å². The average Bonchev–Trinajstić information content (AvgIpc) is 3.12. The minimum absolute atomic E-state index is 0.0132.